The number of rotatable bonds is 15. The van der Waals surface area contributed by atoms with Gasteiger partial charge in [-0.15, -0.1) is 0 Å². The predicted octanol–water partition coefficient (Wildman–Crippen LogP) is 7.54. The van der Waals surface area contributed by atoms with Crippen molar-refractivity contribution in [2.45, 2.75) is 96.2 Å². The van der Waals surface area contributed by atoms with Gasteiger partial charge in [-0.1, -0.05) is 59.7 Å². The first kappa shape index (κ1) is 36.1. The quantitative estimate of drug-likeness (QED) is 0.155. The molecule has 2 aromatic rings. The second-order valence-corrected chi connectivity index (χ2v) is 18.9. The summed E-state index contributed by atoms with van der Waals surface area (Å²) in [5, 5.41) is 10.3. The van der Waals surface area contributed by atoms with Gasteiger partial charge in [0.1, 0.15) is 18.1 Å². The fraction of sp³-hybridized carbons (Fsp3) is 0.639. The number of hydrogen-bond donors (Lipinski definition) is 1. The smallest absolute Gasteiger partial charge is 0.407 e. The van der Waals surface area contributed by atoms with Gasteiger partial charge in [-0.25, -0.2) is 4.79 Å². The van der Waals surface area contributed by atoms with Crippen molar-refractivity contribution in [3.63, 3.8) is 0 Å². The molecule has 9 nitrogen and oxygen atoms in total. The number of anilines is 1. The third-order valence-corrected chi connectivity index (χ3v) is 15.9. The zero-order chi connectivity index (χ0) is 33.4. The molecule has 1 amide bonds. The fourth-order valence-electron chi connectivity index (χ4n) is 7.69. The highest BCUT2D eigenvalue weighted by Crippen LogP contribution is 2.46. The van der Waals surface area contributed by atoms with Gasteiger partial charge in [0, 0.05) is 32.7 Å². The third-order valence-electron chi connectivity index (χ3n) is 9.73. The van der Waals surface area contributed by atoms with Crippen LogP contribution in [0.4, 0.5) is 10.5 Å². The van der Waals surface area contributed by atoms with E-state index in [1.807, 2.05) is 31.2 Å². The molecule has 0 radical (unpaired) electrons. The molecule has 1 N–H and O–H groups in total. The lowest BCUT2D eigenvalue weighted by Crippen LogP contribution is -2.59. The van der Waals surface area contributed by atoms with Gasteiger partial charge in [-0.3, -0.25) is 0 Å². The van der Waals surface area contributed by atoms with Crippen LogP contribution in [-0.2, 0) is 20.5 Å². The summed E-state index contributed by atoms with van der Waals surface area (Å²) in [6.07, 6.45) is -0.769. The van der Waals surface area contributed by atoms with E-state index in [9.17, 15) is 9.90 Å². The van der Waals surface area contributed by atoms with Crippen molar-refractivity contribution in [1.82, 2.24) is 4.90 Å². The van der Waals surface area contributed by atoms with Crippen molar-refractivity contribution < 1.29 is 33.3 Å². The highest BCUT2D eigenvalue weighted by molar-refractivity contribution is 6.77. The number of carbonyl (C=O) groups is 1. The molecule has 0 spiro atoms. The monoisotopic (exact) mass is 656 g/mol. The summed E-state index contributed by atoms with van der Waals surface area (Å²) in [6, 6.07) is 14.4. The molecule has 256 valence electrons. The number of hydrogen-bond acceptors (Lipinski definition) is 7. The van der Waals surface area contributed by atoms with Gasteiger partial charge >= 0.3 is 6.09 Å². The first-order valence-electron chi connectivity index (χ1n) is 17.0. The average Bonchev–Trinajstić information content (AvgIpc) is 3.02. The van der Waals surface area contributed by atoms with Crippen molar-refractivity contribution in [3.05, 3.63) is 53.6 Å². The molecule has 4 rings (SSSR count). The fourth-order valence-corrected chi connectivity index (χ4v) is 13.3. The topological polar surface area (TPSA) is 89.9 Å². The standard InChI is InChI=1S/C36H56N2O7Si/c1-9-42-30-14-12-29(13-15-30)35-33(22-38(36(39)40)23-34(35)45-46(25(2)3,26(4)5)27(6)7)44-24-28-11-16-32-31(21-28)37(18-20-43-32)17-10-19-41-8/h11-16,21,25-27,33-35H,9-10,17-20,22-24H2,1-8H3,(H,39,40)/t33-,34+,35+/m0/s1. The Morgan fingerprint density at radius 3 is 2.28 bits per heavy atom. The van der Waals surface area contributed by atoms with Crippen molar-refractivity contribution in [2.75, 3.05) is 58.0 Å². The van der Waals surface area contributed by atoms with Crippen molar-refractivity contribution in [3.8, 4) is 11.5 Å². The van der Waals surface area contributed by atoms with E-state index < -0.39 is 20.5 Å². The van der Waals surface area contributed by atoms with Gasteiger partial charge in [0.15, 0.2) is 0 Å². The van der Waals surface area contributed by atoms with Crippen LogP contribution in [0.3, 0.4) is 0 Å². The Hall–Kier alpha value is -2.79. The van der Waals surface area contributed by atoms with Crippen LogP contribution in [0.2, 0.25) is 16.6 Å². The van der Waals surface area contributed by atoms with E-state index in [1.54, 1.807) is 7.11 Å². The first-order valence-corrected chi connectivity index (χ1v) is 19.1. The summed E-state index contributed by atoms with van der Waals surface area (Å²) in [4.78, 5) is 16.4. The predicted molar refractivity (Wildman–Crippen MR) is 185 cm³/mol. The lowest BCUT2D eigenvalue weighted by Gasteiger charge is -2.50. The lowest BCUT2D eigenvalue weighted by atomic mass is 9.84. The van der Waals surface area contributed by atoms with Gasteiger partial charge in [0.2, 0.25) is 8.32 Å². The largest absolute Gasteiger partial charge is 0.494 e. The highest BCUT2D eigenvalue weighted by Gasteiger charge is 2.50. The molecule has 10 heteroatoms. The number of benzene rings is 2. The number of piperidine rings is 1. The van der Waals surface area contributed by atoms with E-state index >= 15 is 0 Å². The minimum absolute atomic E-state index is 0.152. The van der Waals surface area contributed by atoms with Crippen LogP contribution < -0.4 is 14.4 Å². The van der Waals surface area contributed by atoms with Crippen LogP contribution in [0.15, 0.2) is 42.5 Å². The number of ether oxygens (including phenoxy) is 4. The Morgan fingerprint density at radius 1 is 1.00 bits per heavy atom. The average molecular weight is 657 g/mol. The molecule has 2 aliphatic rings. The maximum atomic E-state index is 12.5. The Kier molecular flexibility index (Phi) is 12.8. The van der Waals surface area contributed by atoms with E-state index in [1.165, 1.54) is 4.90 Å². The Labute approximate surface area is 277 Å². The third kappa shape index (κ3) is 8.19. The summed E-state index contributed by atoms with van der Waals surface area (Å²) in [5.41, 5.74) is 4.23. The summed E-state index contributed by atoms with van der Waals surface area (Å²) in [7, 11) is -0.632. The molecule has 46 heavy (non-hydrogen) atoms. The SMILES string of the molecule is CCOc1ccc([C@@H]2[C@@H](OCc3ccc4c(c3)N(CCCOC)CCO4)CN(C(=O)O)C[C@H]2O[Si](C(C)C)(C(C)C)C(C)C)cc1. The minimum atomic E-state index is -2.36. The molecule has 0 aromatic heterocycles. The Balaban J connectivity index is 1.68. The van der Waals surface area contributed by atoms with Gasteiger partial charge < -0.3 is 38.3 Å². The van der Waals surface area contributed by atoms with Crippen LogP contribution >= 0.6 is 0 Å². The number of methoxy groups -OCH3 is 1. The van der Waals surface area contributed by atoms with Gasteiger partial charge in [-0.2, -0.15) is 0 Å². The van der Waals surface area contributed by atoms with Crippen LogP contribution in [0.1, 0.15) is 71.9 Å². The maximum absolute atomic E-state index is 12.5. The molecule has 2 aliphatic heterocycles. The molecular formula is C36H56N2O7Si. The highest BCUT2D eigenvalue weighted by atomic mass is 28.4. The molecule has 1 fully saturated rings. The molecule has 1 saturated heterocycles. The van der Waals surface area contributed by atoms with Crippen molar-refractivity contribution >= 4 is 20.1 Å². The van der Waals surface area contributed by atoms with Crippen LogP contribution in [-0.4, -0.2) is 89.7 Å². The Bertz CT molecular complexity index is 1230. The van der Waals surface area contributed by atoms with E-state index in [-0.39, 0.29) is 18.6 Å². The molecular weight excluding hydrogens is 600 g/mol. The number of fused-ring (bicyclic) bond motifs is 1. The lowest BCUT2D eigenvalue weighted by molar-refractivity contribution is -0.0630. The summed E-state index contributed by atoms with van der Waals surface area (Å²) in [6.45, 7) is 20.2. The van der Waals surface area contributed by atoms with E-state index in [2.05, 4.69) is 64.6 Å². The van der Waals surface area contributed by atoms with E-state index in [0.29, 0.717) is 49.6 Å². The van der Waals surface area contributed by atoms with Crippen molar-refractivity contribution in [2.24, 2.45) is 0 Å². The normalized spacial score (nSPS) is 20.3. The Morgan fingerprint density at radius 2 is 1.67 bits per heavy atom. The number of amides is 1. The first-order chi connectivity index (χ1) is 22.0. The molecule has 3 atom stereocenters. The van der Waals surface area contributed by atoms with Crippen LogP contribution in [0, 0.1) is 0 Å². The molecule has 0 saturated carbocycles. The van der Waals surface area contributed by atoms with Crippen molar-refractivity contribution in [1.29, 1.82) is 0 Å². The molecule has 2 aromatic carbocycles. The number of carboxylic acid groups (broad SMARTS) is 1. The summed E-state index contributed by atoms with van der Waals surface area (Å²) in [5.74, 6) is 1.53. The summed E-state index contributed by atoms with van der Waals surface area (Å²) < 4.78 is 31.2. The van der Waals surface area contributed by atoms with Crippen LogP contribution in [0.25, 0.3) is 0 Å². The molecule has 0 aliphatic carbocycles. The molecule has 0 unspecified atom stereocenters. The van der Waals surface area contributed by atoms with Crippen LogP contribution in [0.5, 0.6) is 11.5 Å². The zero-order valence-corrected chi connectivity index (χ0v) is 30.2. The number of likely N-dealkylation sites (tertiary alicyclic amines) is 1. The molecule has 2 heterocycles. The van der Waals surface area contributed by atoms with Gasteiger partial charge in [0.05, 0.1) is 44.2 Å². The summed E-state index contributed by atoms with van der Waals surface area (Å²) >= 11 is 0. The number of nitrogens with zero attached hydrogens (tertiary/aromatic N) is 2. The van der Waals surface area contributed by atoms with E-state index in [0.717, 1.165) is 47.8 Å². The second kappa shape index (κ2) is 16.3. The maximum Gasteiger partial charge on any atom is 0.407 e. The van der Waals surface area contributed by atoms with Gasteiger partial charge in [-0.05, 0) is 65.4 Å². The van der Waals surface area contributed by atoms with Gasteiger partial charge in [0.25, 0.3) is 0 Å². The van der Waals surface area contributed by atoms with E-state index in [4.69, 9.17) is 23.4 Å². The molecule has 0 bridgehead atoms. The second-order valence-electron chi connectivity index (χ2n) is 13.5. The zero-order valence-electron chi connectivity index (χ0n) is 29.2. The minimum Gasteiger partial charge on any atom is -0.494 e.